The Kier molecular flexibility index (Phi) is 10.1. The molecule has 4 N–H and O–H groups in total. The van der Waals surface area contributed by atoms with Gasteiger partial charge in [0, 0.05) is 55.6 Å². The van der Waals surface area contributed by atoms with Crippen molar-refractivity contribution in [1.29, 1.82) is 5.41 Å². The van der Waals surface area contributed by atoms with Crippen molar-refractivity contribution in [3.05, 3.63) is 83.6 Å². The molecule has 212 valence electrons. The van der Waals surface area contributed by atoms with Crippen LogP contribution in [0.5, 0.6) is 11.5 Å². The molecular formula is C32H42N6O2. The van der Waals surface area contributed by atoms with Crippen molar-refractivity contribution in [3.63, 3.8) is 0 Å². The summed E-state index contributed by atoms with van der Waals surface area (Å²) in [5.74, 6) is 2.08. The van der Waals surface area contributed by atoms with Gasteiger partial charge < -0.3 is 20.7 Å². The Labute approximate surface area is 238 Å². The van der Waals surface area contributed by atoms with E-state index in [9.17, 15) is 4.79 Å². The van der Waals surface area contributed by atoms with E-state index >= 15 is 0 Å². The lowest BCUT2D eigenvalue weighted by molar-refractivity contribution is -0.125. The average molecular weight is 543 g/mol. The third-order valence-corrected chi connectivity index (χ3v) is 7.51. The number of amidine groups is 1. The predicted octanol–water partition coefficient (Wildman–Crippen LogP) is 4.73. The van der Waals surface area contributed by atoms with E-state index in [1.165, 1.54) is 19.3 Å². The van der Waals surface area contributed by atoms with E-state index in [4.69, 9.17) is 15.9 Å². The van der Waals surface area contributed by atoms with Crippen LogP contribution in [0.25, 0.3) is 0 Å². The number of hydrogen-bond donors (Lipinski definition) is 3. The van der Waals surface area contributed by atoms with Crippen LogP contribution in [-0.4, -0.2) is 72.6 Å². The SMILES string of the molecule is CCN=C(NC1CCN(C(=O)/C=C/CN(C)C2CCC2)C1)/C(C(=N)c1ccc(Oc2ccccc2)cc1)=C(\C)N. The predicted molar refractivity (Wildman–Crippen MR) is 162 cm³/mol. The summed E-state index contributed by atoms with van der Waals surface area (Å²) in [5.41, 5.74) is 8.40. The maximum Gasteiger partial charge on any atom is 0.246 e. The number of ether oxygens (including phenoxy) is 1. The molecule has 8 heteroatoms. The van der Waals surface area contributed by atoms with Gasteiger partial charge in [-0.3, -0.25) is 20.1 Å². The van der Waals surface area contributed by atoms with Gasteiger partial charge in [0.05, 0.1) is 11.3 Å². The number of allylic oxidation sites excluding steroid dienone is 1. The highest BCUT2D eigenvalue weighted by molar-refractivity contribution is 6.28. The second-order valence-electron chi connectivity index (χ2n) is 10.5. The zero-order valence-electron chi connectivity index (χ0n) is 23.9. The van der Waals surface area contributed by atoms with Crippen molar-refractivity contribution in [2.24, 2.45) is 10.7 Å². The average Bonchev–Trinajstić information content (AvgIpc) is 3.37. The first-order valence-electron chi connectivity index (χ1n) is 14.2. The zero-order valence-corrected chi connectivity index (χ0v) is 23.9. The maximum absolute atomic E-state index is 12.8. The summed E-state index contributed by atoms with van der Waals surface area (Å²) in [5, 5.41) is 12.5. The number of benzene rings is 2. The van der Waals surface area contributed by atoms with Crippen molar-refractivity contribution in [2.75, 3.05) is 33.2 Å². The molecule has 1 amide bonds. The third-order valence-electron chi connectivity index (χ3n) is 7.51. The summed E-state index contributed by atoms with van der Waals surface area (Å²) in [6.45, 7) is 6.35. The van der Waals surface area contributed by atoms with E-state index in [1.54, 1.807) is 13.0 Å². The lowest BCUT2D eigenvalue weighted by atomic mass is 9.92. The number of nitrogens with two attached hydrogens (primary N) is 1. The van der Waals surface area contributed by atoms with Gasteiger partial charge in [-0.15, -0.1) is 0 Å². The minimum atomic E-state index is 0.0316. The number of nitrogens with one attached hydrogen (secondary N) is 2. The molecule has 1 saturated carbocycles. The first-order chi connectivity index (χ1) is 19.4. The third kappa shape index (κ3) is 7.60. The van der Waals surface area contributed by atoms with Gasteiger partial charge in [-0.2, -0.15) is 0 Å². The highest BCUT2D eigenvalue weighted by Crippen LogP contribution is 2.24. The van der Waals surface area contributed by atoms with Crippen molar-refractivity contribution < 1.29 is 9.53 Å². The Balaban J connectivity index is 1.37. The smallest absolute Gasteiger partial charge is 0.246 e. The quantitative estimate of drug-likeness (QED) is 0.216. The molecule has 1 saturated heterocycles. The fourth-order valence-corrected chi connectivity index (χ4v) is 4.99. The Bertz CT molecular complexity index is 1240. The molecule has 2 aromatic rings. The summed E-state index contributed by atoms with van der Waals surface area (Å²) in [6, 6.07) is 17.7. The van der Waals surface area contributed by atoms with Gasteiger partial charge in [0.25, 0.3) is 0 Å². The van der Waals surface area contributed by atoms with Crippen molar-refractivity contribution in [1.82, 2.24) is 15.1 Å². The molecule has 2 fully saturated rings. The minimum absolute atomic E-state index is 0.0316. The van der Waals surface area contributed by atoms with Crippen molar-refractivity contribution in [2.45, 2.75) is 51.6 Å². The summed E-state index contributed by atoms with van der Waals surface area (Å²) < 4.78 is 5.90. The van der Waals surface area contributed by atoms with E-state index in [2.05, 4.69) is 22.3 Å². The van der Waals surface area contributed by atoms with Crippen LogP contribution in [0.1, 0.15) is 45.1 Å². The van der Waals surface area contributed by atoms with Gasteiger partial charge in [0.15, 0.2) is 0 Å². The number of likely N-dealkylation sites (N-methyl/N-ethyl adjacent to an activating group) is 1. The molecule has 2 aromatic carbocycles. The van der Waals surface area contributed by atoms with E-state index in [0.717, 1.165) is 18.7 Å². The molecule has 0 aromatic heterocycles. The molecule has 1 unspecified atom stereocenters. The second-order valence-corrected chi connectivity index (χ2v) is 10.5. The molecule has 0 bridgehead atoms. The number of aliphatic imine (C=N–C) groups is 1. The van der Waals surface area contributed by atoms with Crippen LogP contribution in [-0.2, 0) is 4.79 Å². The number of likely N-dealkylation sites (tertiary alicyclic amines) is 1. The molecule has 40 heavy (non-hydrogen) atoms. The van der Waals surface area contributed by atoms with Gasteiger partial charge >= 0.3 is 0 Å². The Morgan fingerprint density at radius 2 is 1.85 bits per heavy atom. The number of nitrogens with zero attached hydrogens (tertiary/aromatic N) is 3. The van der Waals surface area contributed by atoms with E-state index < -0.39 is 0 Å². The molecule has 0 radical (unpaired) electrons. The molecule has 1 heterocycles. The normalized spacial score (nSPS) is 18.6. The highest BCUT2D eigenvalue weighted by atomic mass is 16.5. The Morgan fingerprint density at radius 1 is 1.15 bits per heavy atom. The molecule has 8 nitrogen and oxygen atoms in total. The van der Waals surface area contributed by atoms with Gasteiger partial charge in [0.1, 0.15) is 17.3 Å². The molecule has 2 aliphatic rings. The van der Waals surface area contributed by atoms with E-state index in [0.29, 0.717) is 54.1 Å². The first kappa shape index (κ1) is 29.1. The van der Waals surface area contributed by atoms with E-state index in [1.807, 2.05) is 72.5 Å². The van der Waals surface area contributed by atoms with Gasteiger partial charge in [-0.25, -0.2) is 0 Å². The molecular weight excluding hydrogens is 500 g/mol. The summed E-state index contributed by atoms with van der Waals surface area (Å²) in [4.78, 5) is 21.7. The molecule has 1 aliphatic heterocycles. The van der Waals surface area contributed by atoms with Crippen molar-refractivity contribution in [3.8, 4) is 11.5 Å². The Morgan fingerprint density at radius 3 is 2.48 bits per heavy atom. The van der Waals surface area contributed by atoms with Crippen molar-refractivity contribution >= 4 is 17.5 Å². The molecule has 1 atom stereocenters. The number of carbonyl (C=O) groups is 1. The molecule has 4 rings (SSSR count). The van der Waals surface area contributed by atoms with Gasteiger partial charge in [-0.1, -0.05) is 30.7 Å². The van der Waals surface area contributed by atoms with Crippen LogP contribution < -0.4 is 15.8 Å². The van der Waals surface area contributed by atoms with Crippen LogP contribution in [0, 0.1) is 5.41 Å². The van der Waals surface area contributed by atoms with Gasteiger partial charge in [0.2, 0.25) is 5.91 Å². The largest absolute Gasteiger partial charge is 0.457 e. The van der Waals surface area contributed by atoms with Crippen LogP contribution >= 0.6 is 0 Å². The minimum Gasteiger partial charge on any atom is -0.457 e. The lowest BCUT2D eigenvalue weighted by Crippen LogP contribution is -2.41. The van der Waals surface area contributed by atoms with Gasteiger partial charge in [-0.05, 0) is 76.6 Å². The maximum atomic E-state index is 12.8. The monoisotopic (exact) mass is 542 g/mol. The van der Waals surface area contributed by atoms with Crippen LogP contribution in [0.15, 0.2) is 83.0 Å². The zero-order chi connectivity index (χ0) is 28.5. The number of rotatable bonds is 11. The fraction of sp³-hybridized carbons (Fsp3) is 0.406. The summed E-state index contributed by atoms with van der Waals surface area (Å²) in [7, 11) is 2.12. The van der Waals surface area contributed by atoms with Crippen LogP contribution in [0.3, 0.4) is 0 Å². The summed E-state index contributed by atoms with van der Waals surface area (Å²) in [6.07, 6.45) is 8.29. The van der Waals surface area contributed by atoms with Crippen LogP contribution in [0.2, 0.25) is 0 Å². The fourth-order valence-electron chi connectivity index (χ4n) is 4.99. The Hall–Kier alpha value is -3.91. The molecule has 0 spiro atoms. The highest BCUT2D eigenvalue weighted by Gasteiger charge is 2.28. The molecule has 1 aliphatic carbocycles. The topological polar surface area (TPSA) is 107 Å². The second kappa shape index (κ2) is 13.9. The number of carbonyl (C=O) groups excluding carboxylic acids is 1. The summed E-state index contributed by atoms with van der Waals surface area (Å²) >= 11 is 0. The first-order valence-corrected chi connectivity index (χ1v) is 14.2. The number of hydrogen-bond acceptors (Lipinski definition) is 6. The standard InChI is InChI=1S/C32H42N6O2/c1-4-35-32(36-25-19-21-38(22-25)29(39)14-9-20-37(3)26-10-8-11-26)30(23(2)33)31(34)24-15-17-28(18-16-24)40-27-12-6-5-7-13-27/h5-7,9,12-18,25-26,34H,4,8,10-11,19-22,33H2,1-3H3,(H,35,36)/b14-9+,30-23+,34-31?. The number of amides is 1. The van der Waals surface area contributed by atoms with E-state index in [-0.39, 0.29) is 17.7 Å². The lowest BCUT2D eigenvalue weighted by Gasteiger charge is -2.33. The van der Waals surface area contributed by atoms with Crippen LogP contribution in [0.4, 0.5) is 0 Å². The number of para-hydroxylation sites is 1.